The molecule has 1 saturated carbocycles. The van der Waals surface area contributed by atoms with E-state index in [1.54, 1.807) is 31.3 Å². The maximum atomic E-state index is 13.9. The Labute approximate surface area is 232 Å². The Hall–Kier alpha value is -3.92. The van der Waals surface area contributed by atoms with Crippen molar-refractivity contribution in [2.24, 2.45) is 5.92 Å². The van der Waals surface area contributed by atoms with Crippen LogP contribution in [0.5, 0.6) is 0 Å². The molecule has 2 aromatic carbocycles. The third-order valence-electron chi connectivity index (χ3n) is 7.89. The molecular formula is C29H25ClF3N5O2. The van der Waals surface area contributed by atoms with E-state index < -0.39 is 29.9 Å². The lowest BCUT2D eigenvalue weighted by Crippen LogP contribution is -2.61. The number of carbonyl (C=O) groups excluding carboxylic acids is 2. The quantitative estimate of drug-likeness (QED) is 0.294. The number of pyridine rings is 1. The topological polar surface area (TPSA) is 80.1 Å². The van der Waals surface area contributed by atoms with Gasteiger partial charge in [0.1, 0.15) is 0 Å². The summed E-state index contributed by atoms with van der Waals surface area (Å²) in [4.78, 5) is 32.4. The molecule has 2 aromatic heterocycles. The summed E-state index contributed by atoms with van der Waals surface area (Å²) in [5, 5.41) is 8.65. The number of aryl methyl sites for hydroxylation is 1. The van der Waals surface area contributed by atoms with Crippen LogP contribution in [0.3, 0.4) is 0 Å². The van der Waals surface area contributed by atoms with Crippen molar-refractivity contribution in [1.82, 2.24) is 20.1 Å². The summed E-state index contributed by atoms with van der Waals surface area (Å²) >= 11 is 6.63. The Morgan fingerprint density at radius 2 is 1.85 bits per heavy atom. The summed E-state index contributed by atoms with van der Waals surface area (Å²) in [5.41, 5.74) is 0.354. The zero-order valence-electron chi connectivity index (χ0n) is 21.5. The molecule has 3 heterocycles. The van der Waals surface area contributed by atoms with Crippen LogP contribution < -0.4 is 10.2 Å². The highest BCUT2D eigenvalue weighted by Crippen LogP contribution is 2.47. The van der Waals surface area contributed by atoms with Gasteiger partial charge in [0.25, 0.3) is 0 Å². The van der Waals surface area contributed by atoms with Crippen LogP contribution in [-0.4, -0.2) is 32.7 Å². The van der Waals surface area contributed by atoms with E-state index in [2.05, 4.69) is 15.4 Å². The van der Waals surface area contributed by atoms with Crippen molar-refractivity contribution in [3.8, 4) is 11.1 Å². The number of hydrogen-bond donors (Lipinski definition) is 1. The molecule has 1 N–H and O–H groups in total. The van der Waals surface area contributed by atoms with Gasteiger partial charge < -0.3 is 5.32 Å². The van der Waals surface area contributed by atoms with E-state index in [0.29, 0.717) is 41.1 Å². The Morgan fingerprint density at radius 3 is 2.62 bits per heavy atom. The minimum absolute atomic E-state index is 0.0349. The van der Waals surface area contributed by atoms with E-state index >= 15 is 0 Å². The number of benzene rings is 2. The van der Waals surface area contributed by atoms with Crippen molar-refractivity contribution < 1.29 is 22.8 Å². The van der Waals surface area contributed by atoms with Gasteiger partial charge in [-0.3, -0.25) is 14.5 Å². The Balaban J connectivity index is 1.33. The van der Waals surface area contributed by atoms with Gasteiger partial charge in [-0.05, 0) is 49.3 Å². The summed E-state index contributed by atoms with van der Waals surface area (Å²) in [5.74, 6) is -1.06. The van der Waals surface area contributed by atoms with Gasteiger partial charge in [-0.25, -0.2) is 9.69 Å². The predicted octanol–water partition coefficient (Wildman–Crippen LogP) is 6.80. The number of halogens is 4. The maximum absolute atomic E-state index is 13.9. The Kier molecular flexibility index (Phi) is 6.53. The monoisotopic (exact) mass is 567 g/mol. The van der Waals surface area contributed by atoms with Gasteiger partial charge in [-0.1, -0.05) is 48.0 Å². The first-order chi connectivity index (χ1) is 19.2. The highest BCUT2D eigenvalue weighted by atomic mass is 35.5. The van der Waals surface area contributed by atoms with Crippen molar-refractivity contribution in [1.29, 1.82) is 0 Å². The number of hydrogen-bond acceptors (Lipinski definition) is 4. The van der Waals surface area contributed by atoms with E-state index in [0.717, 1.165) is 15.7 Å². The van der Waals surface area contributed by atoms with E-state index in [1.165, 1.54) is 17.1 Å². The van der Waals surface area contributed by atoms with E-state index in [-0.39, 0.29) is 23.9 Å². The Bertz CT molecular complexity index is 1630. The first-order valence-electron chi connectivity index (χ1n) is 13.1. The van der Waals surface area contributed by atoms with Crippen molar-refractivity contribution >= 4 is 40.0 Å². The van der Waals surface area contributed by atoms with Crippen LogP contribution in [-0.2, 0) is 17.5 Å². The number of rotatable bonds is 4. The van der Waals surface area contributed by atoms with Gasteiger partial charge in [0.2, 0.25) is 5.91 Å². The van der Waals surface area contributed by atoms with Gasteiger partial charge in [-0.15, -0.1) is 0 Å². The lowest BCUT2D eigenvalue weighted by Gasteiger charge is -2.43. The molecule has 3 amide bonds. The second-order valence-electron chi connectivity index (χ2n) is 10.2. The molecule has 1 saturated heterocycles. The summed E-state index contributed by atoms with van der Waals surface area (Å²) in [6.07, 6.45) is 1.26. The zero-order chi connectivity index (χ0) is 28.2. The second-order valence-corrected chi connectivity index (χ2v) is 10.6. The van der Waals surface area contributed by atoms with Crippen LogP contribution in [0.15, 0.2) is 61.1 Å². The summed E-state index contributed by atoms with van der Waals surface area (Å²) < 4.78 is 43.1. The van der Waals surface area contributed by atoms with Crippen molar-refractivity contribution in [2.45, 2.75) is 50.9 Å². The van der Waals surface area contributed by atoms with Gasteiger partial charge >= 0.3 is 12.2 Å². The van der Waals surface area contributed by atoms with Crippen LogP contribution in [0, 0.1) is 5.92 Å². The molecule has 1 aliphatic heterocycles. The second kappa shape index (κ2) is 9.92. The smallest absolute Gasteiger partial charge is 0.334 e. The number of urea groups is 1. The molecule has 1 aliphatic carbocycles. The predicted molar refractivity (Wildman–Crippen MR) is 145 cm³/mol. The van der Waals surface area contributed by atoms with Gasteiger partial charge in [0.15, 0.2) is 5.69 Å². The zero-order valence-corrected chi connectivity index (χ0v) is 22.2. The minimum atomic E-state index is -4.64. The van der Waals surface area contributed by atoms with Crippen LogP contribution in [0.1, 0.15) is 43.4 Å². The maximum Gasteiger partial charge on any atom is 0.435 e. The van der Waals surface area contributed by atoms with Crippen LogP contribution in [0.25, 0.3) is 21.9 Å². The SMILES string of the molecule is CCn1cc(-c2cccc(Cl)c2C2CCC3C(=O)N(c4cncc5ccccc45)C(=O)NC3C2)c(C(F)(F)F)n1. The van der Waals surface area contributed by atoms with Crippen LogP contribution in [0.2, 0.25) is 5.02 Å². The van der Waals surface area contributed by atoms with E-state index in [1.807, 2.05) is 24.3 Å². The molecular weight excluding hydrogens is 543 g/mol. The highest BCUT2D eigenvalue weighted by molar-refractivity contribution is 6.32. The molecule has 7 nitrogen and oxygen atoms in total. The van der Waals surface area contributed by atoms with E-state index in [9.17, 15) is 22.8 Å². The van der Waals surface area contributed by atoms with Crippen LogP contribution in [0.4, 0.5) is 23.7 Å². The number of imide groups is 1. The normalized spacial score (nSPS) is 21.4. The summed E-state index contributed by atoms with van der Waals surface area (Å²) in [7, 11) is 0. The lowest BCUT2D eigenvalue weighted by atomic mass is 9.72. The molecule has 0 radical (unpaired) electrons. The first-order valence-corrected chi connectivity index (χ1v) is 13.5. The lowest BCUT2D eigenvalue weighted by molar-refractivity contribution is -0.141. The summed E-state index contributed by atoms with van der Waals surface area (Å²) in [6.45, 7) is 2.00. The fourth-order valence-electron chi connectivity index (χ4n) is 6.06. The number of alkyl halides is 3. The molecule has 206 valence electrons. The van der Waals surface area contributed by atoms with Crippen LogP contribution >= 0.6 is 11.6 Å². The molecule has 40 heavy (non-hydrogen) atoms. The Morgan fingerprint density at radius 1 is 1.05 bits per heavy atom. The number of aromatic nitrogens is 3. The van der Waals surface area contributed by atoms with Crippen molar-refractivity contribution in [3.63, 3.8) is 0 Å². The molecule has 0 bridgehead atoms. The standard InChI is InChI=1S/C29H25ClF3N5O2/c1-2-37-15-21(26(36-37)29(31,32)33)19-8-5-9-22(30)25(19)16-10-11-20-23(12-16)35-28(40)38(27(20)39)24-14-34-13-17-6-3-4-7-18(17)24/h3-9,13-16,20,23H,2,10-12H2,1H3,(H,35,40). The highest BCUT2D eigenvalue weighted by Gasteiger charge is 2.46. The molecule has 2 fully saturated rings. The fraction of sp³-hybridized carbons (Fsp3) is 0.310. The fourth-order valence-corrected chi connectivity index (χ4v) is 6.39. The number of nitrogens with one attached hydrogen (secondary N) is 1. The van der Waals surface area contributed by atoms with Gasteiger partial charge in [-0.2, -0.15) is 18.3 Å². The minimum Gasteiger partial charge on any atom is -0.334 e. The van der Waals surface area contributed by atoms with Crippen molar-refractivity contribution in [2.75, 3.05) is 4.90 Å². The number of amides is 3. The van der Waals surface area contributed by atoms with Crippen molar-refractivity contribution in [3.05, 3.63) is 77.3 Å². The number of fused-ring (bicyclic) bond motifs is 2. The average Bonchev–Trinajstić information content (AvgIpc) is 3.38. The molecule has 11 heteroatoms. The average molecular weight is 568 g/mol. The third-order valence-corrected chi connectivity index (χ3v) is 8.22. The number of carbonyl (C=O) groups is 2. The molecule has 0 spiro atoms. The molecule has 6 rings (SSSR count). The van der Waals surface area contributed by atoms with Gasteiger partial charge in [0, 0.05) is 46.3 Å². The van der Waals surface area contributed by atoms with Gasteiger partial charge in [0.05, 0.1) is 17.8 Å². The first kappa shape index (κ1) is 26.3. The van der Waals surface area contributed by atoms with E-state index in [4.69, 9.17) is 11.6 Å². The molecule has 2 aliphatic rings. The number of anilines is 1. The molecule has 4 aromatic rings. The molecule has 3 atom stereocenters. The largest absolute Gasteiger partial charge is 0.435 e. The molecule has 3 unspecified atom stereocenters. The third kappa shape index (κ3) is 4.40. The summed E-state index contributed by atoms with van der Waals surface area (Å²) in [6, 6.07) is 11.3. The number of nitrogens with zero attached hydrogens (tertiary/aromatic N) is 4.